The molecule has 2 saturated heterocycles. The van der Waals surface area contributed by atoms with E-state index in [2.05, 4.69) is 10.6 Å². The van der Waals surface area contributed by atoms with Gasteiger partial charge in [-0.15, -0.1) is 0 Å². The number of aliphatic hydroxyl groups excluding tert-OH is 2. The normalized spacial score (nSPS) is 28.2. The zero-order chi connectivity index (χ0) is 44.7. The molecule has 2 aromatic rings. The van der Waals surface area contributed by atoms with E-state index in [1.165, 1.54) is 0 Å². The molecule has 4 fully saturated rings. The zero-order valence-corrected chi connectivity index (χ0v) is 34.9. The number of nitrogens with one attached hydrogen (secondary N) is 2. The van der Waals surface area contributed by atoms with Crippen LogP contribution in [-0.2, 0) is 22.7 Å². The summed E-state index contributed by atoms with van der Waals surface area (Å²) in [6.07, 6.45) is 0.243. The number of nitrogens with zero attached hydrogens (tertiary/aromatic N) is 4. The molecule has 0 bridgehead atoms. The lowest BCUT2D eigenvalue weighted by Crippen LogP contribution is -2.49. The van der Waals surface area contributed by atoms with Gasteiger partial charge in [-0.05, 0) is 75.6 Å². The molecule has 340 valence electrons. The van der Waals surface area contributed by atoms with Gasteiger partial charge in [0.05, 0.1) is 37.0 Å². The van der Waals surface area contributed by atoms with Crippen molar-refractivity contribution in [1.29, 1.82) is 0 Å². The molecule has 8 rings (SSSR count). The molecule has 12 nitrogen and oxygen atoms in total. The number of rotatable bonds is 14. The molecular weight excluding hydrogens is 823 g/mol. The fourth-order valence-electron chi connectivity index (χ4n) is 10.2. The number of aliphatic hydroxyl groups is 2. The van der Waals surface area contributed by atoms with Crippen molar-refractivity contribution >= 4 is 24.0 Å². The van der Waals surface area contributed by atoms with E-state index in [1.54, 1.807) is 81.4 Å². The second-order valence-electron chi connectivity index (χ2n) is 17.6. The van der Waals surface area contributed by atoms with Gasteiger partial charge in [-0.3, -0.25) is 29.0 Å². The summed E-state index contributed by atoms with van der Waals surface area (Å²) in [5.41, 5.74) is 1.84. The number of amides is 2. The molecule has 2 aliphatic carbocycles. The maximum absolute atomic E-state index is 13.1. The van der Waals surface area contributed by atoms with Gasteiger partial charge in [0.2, 0.25) is 11.8 Å². The lowest BCUT2D eigenvalue weighted by molar-refractivity contribution is -0.143. The van der Waals surface area contributed by atoms with Gasteiger partial charge in [0.1, 0.15) is 0 Å². The zero-order valence-electron chi connectivity index (χ0n) is 34.9. The molecule has 2 saturated carbocycles. The minimum Gasteiger partial charge on any atom is -0.396 e. The molecule has 18 heteroatoms. The predicted octanol–water partition coefficient (Wildman–Crippen LogP) is 4.65. The molecule has 2 amide bonds. The van der Waals surface area contributed by atoms with Crippen molar-refractivity contribution in [1.82, 2.24) is 29.6 Å². The van der Waals surface area contributed by atoms with Crippen molar-refractivity contribution < 1.29 is 46.1 Å². The average Bonchev–Trinajstić information content (AvgIpc) is 4.11. The van der Waals surface area contributed by atoms with Crippen LogP contribution in [-0.4, -0.2) is 105 Å². The van der Waals surface area contributed by atoms with Crippen molar-refractivity contribution in [2.45, 2.75) is 102 Å². The second-order valence-corrected chi connectivity index (χ2v) is 17.6. The number of pyridine rings is 2. The summed E-state index contributed by atoms with van der Waals surface area (Å²) < 4.78 is 81.7. The van der Waals surface area contributed by atoms with Crippen molar-refractivity contribution in [3.63, 3.8) is 0 Å². The molecular formula is C44H56F6N6O6. The minimum absolute atomic E-state index is 0.202. The molecule has 4 aliphatic heterocycles. The van der Waals surface area contributed by atoms with Crippen LogP contribution in [0.15, 0.2) is 46.0 Å². The summed E-state index contributed by atoms with van der Waals surface area (Å²) in [6.45, 7) is 3.84. The highest BCUT2D eigenvalue weighted by molar-refractivity contribution is 5.83. The van der Waals surface area contributed by atoms with E-state index in [0.29, 0.717) is 47.4 Å². The van der Waals surface area contributed by atoms with Gasteiger partial charge in [0, 0.05) is 98.7 Å². The molecule has 6 heterocycles. The van der Waals surface area contributed by atoms with Gasteiger partial charge in [0.15, 0.2) is 0 Å². The highest BCUT2D eigenvalue weighted by Gasteiger charge is 2.57. The highest BCUT2D eigenvalue weighted by Crippen LogP contribution is 2.51. The third-order valence-corrected chi connectivity index (χ3v) is 13.5. The van der Waals surface area contributed by atoms with E-state index in [4.69, 9.17) is 0 Å². The Hall–Kier alpha value is -4.26. The van der Waals surface area contributed by atoms with E-state index in [-0.39, 0.29) is 74.2 Å². The van der Waals surface area contributed by atoms with E-state index in [9.17, 15) is 55.7 Å². The van der Waals surface area contributed by atoms with Crippen LogP contribution in [0.25, 0.3) is 12.2 Å². The van der Waals surface area contributed by atoms with Crippen LogP contribution < -0.4 is 21.8 Å². The summed E-state index contributed by atoms with van der Waals surface area (Å²) in [4.78, 5) is 54.9. The van der Waals surface area contributed by atoms with E-state index < -0.39 is 61.2 Å². The maximum Gasteiger partial charge on any atom is 0.390 e. The van der Waals surface area contributed by atoms with Gasteiger partial charge >= 0.3 is 12.4 Å². The number of fused-ring (bicyclic) bond motifs is 6. The summed E-state index contributed by atoms with van der Waals surface area (Å²) in [5.74, 6) is -1.48. The number of carbonyl (C=O) groups is 2. The minimum atomic E-state index is -4.37. The first-order chi connectivity index (χ1) is 29.5. The third-order valence-electron chi connectivity index (χ3n) is 13.5. The lowest BCUT2D eigenvalue weighted by Gasteiger charge is -2.31. The Morgan fingerprint density at radius 1 is 0.661 bits per heavy atom. The number of hydrogen-bond donors (Lipinski definition) is 4. The van der Waals surface area contributed by atoms with Crippen LogP contribution in [0.4, 0.5) is 26.3 Å². The predicted molar refractivity (Wildman–Crippen MR) is 218 cm³/mol. The molecule has 2 aromatic heterocycles. The van der Waals surface area contributed by atoms with Gasteiger partial charge in [-0.2, -0.15) is 26.3 Å². The monoisotopic (exact) mass is 878 g/mol. The molecule has 4 N–H and O–H groups in total. The number of hydrogen-bond acceptors (Lipinski definition) is 8. The van der Waals surface area contributed by atoms with Crippen LogP contribution >= 0.6 is 0 Å². The van der Waals surface area contributed by atoms with E-state index in [0.717, 1.165) is 25.7 Å². The molecule has 0 radical (unpaired) electrons. The Bertz CT molecular complexity index is 2000. The van der Waals surface area contributed by atoms with Crippen molar-refractivity contribution in [2.75, 3.05) is 39.4 Å². The number of aromatic nitrogens is 2. The largest absolute Gasteiger partial charge is 0.396 e. The number of halogens is 6. The van der Waals surface area contributed by atoms with Gasteiger partial charge < -0.3 is 30.0 Å². The van der Waals surface area contributed by atoms with Crippen LogP contribution in [0.2, 0.25) is 0 Å². The lowest BCUT2D eigenvalue weighted by atomic mass is 9.88. The Morgan fingerprint density at radius 3 is 1.34 bits per heavy atom. The van der Waals surface area contributed by atoms with Crippen LogP contribution in [0.5, 0.6) is 0 Å². The average molecular weight is 879 g/mol. The van der Waals surface area contributed by atoms with Crippen molar-refractivity contribution in [3.8, 4) is 0 Å². The maximum atomic E-state index is 13.1. The number of allylic oxidation sites excluding steroid dienone is 2. The quantitative estimate of drug-likeness (QED) is 0.201. The van der Waals surface area contributed by atoms with Gasteiger partial charge in [-0.1, -0.05) is 24.3 Å². The van der Waals surface area contributed by atoms with Crippen LogP contribution in [0, 0.1) is 35.5 Å². The smallest absolute Gasteiger partial charge is 0.390 e. The Morgan fingerprint density at radius 2 is 1.03 bits per heavy atom. The SMILES string of the molecule is C/C=C/c1ccc2n(c1=O)C[C@@H]1[C@@H](CO)[C@H](C(=O)NCC3CC3)N(CCC(F)(F)F)[C@H]21.C/C=C\c1ccc2n(c1=O)C[C@@H]1[C@@H](CO)[C@H](C(=O)NCC3CC3)N(CCC(F)(F)F)[C@H]21. The summed E-state index contributed by atoms with van der Waals surface area (Å²) in [7, 11) is 0. The van der Waals surface area contributed by atoms with Gasteiger partial charge in [-0.25, -0.2) is 0 Å². The molecule has 0 unspecified atom stereocenters. The molecule has 0 aromatic carbocycles. The van der Waals surface area contributed by atoms with Crippen molar-refractivity contribution in [2.24, 2.45) is 35.5 Å². The Kier molecular flexibility index (Phi) is 13.6. The molecule has 8 atom stereocenters. The topological polar surface area (TPSA) is 149 Å². The highest BCUT2D eigenvalue weighted by atomic mass is 19.4. The van der Waals surface area contributed by atoms with Gasteiger partial charge in [0.25, 0.3) is 11.1 Å². The number of alkyl halides is 6. The van der Waals surface area contributed by atoms with Crippen LogP contribution in [0.3, 0.4) is 0 Å². The van der Waals surface area contributed by atoms with E-state index >= 15 is 0 Å². The first-order valence-corrected chi connectivity index (χ1v) is 21.6. The first-order valence-electron chi connectivity index (χ1n) is 21.6. The molecule has 0 spiro atoms. The Labute approximate surface area is 355 Å². The number of likely N-dealkylation sites (tertiary alicyclic amines) is 2. The molecule has 6 aliphatic rings. The standard InChI is InChI=1S/2C22H28F3N3O3/c2*1-2-3-14-6-7-17-18-15(11-28(17)21(14)31)16(12-29)19(20(30)26-10-13-4-5-13)27(18)9-8-22(23,24)25/h2*2-3,6-7,13,15-16,18-19,29H,4-5,8-12H2,1H3,(H,26,30)/b3-2+;3-2-/t2*15-,16-,18+,19-/m11/s1. The Balaban J connectivity index is 0.000000186. The van der Waals surface area contributed by atoms with Crippen LogP contribution in [0.1, 0.15) is 87.0 Å². The molecule has 62 heavy (non-hydrogen) atoms. The fourth-order valence-corrected chi connectivity index (χ4v) is 10.2. The van der Waals surface area contributed by atoms with Crippen molar-refractivity contribution in [3.05, 3.63) is 79.6 Å². The summed E-state index contributed by atoms with van der Waals surface area (Å²) in [6, 6.07) is 4.16. The summed E-state index contributed by atoms with van der Waals surface area (Å²) >= 11 is 0. The second kappa shape index (κ2) is 18.5. The first kappa shape index (κ1) is 45.8. The fraction of sp³-hybridized carbons (Fsp3) is 0.636. The number of carbonyl (C=O) groups excluding carboxylic acids is 2. The van der Waals surface area contributed by atoms with E-state index in [1.807, 2.05) is 0 Å². The third kappa shape index (κ3) is 9.62. The summed E-state index contributed by atoms with van der Waals surface area (Å²) in [5, 5.41) is 26.0.